The highest BCUT2D eigenvalue weighted by Crippen LogP contribution is 2.20. The van der Waals surface area contributed by atoms with Crippen molar-refractivity contribution < 1.29 is 44.7 Å². The number of aliphatic carboxylic acids is 4. The number of nitrogens with zero attached hydrogens (tertiary/aromatic N) is 9. The molecule has 17 N–H and O–H groups in total. The van der Waals surface area contributed by atoms with Gasteiger partial charge < -0.3 is 69.7 Å². The maximum absolute atomic E-state index is 10.7. The van der Waals surface area contributed by atoms with E-state index in [9.17, 15) is 19.2 Å². The quantitative estimate of drug-likeness (QED) is 0.0498. The number of hydrogen-bond acceptors (Lipinski definition) is 21. The standard InChI is InChI=1S/C17H19N7O2.2C10H13NO2.C9H11NO2.C7H8N6O/c1-24(12-4-2-3-10(7-12)5-6-13(25)26)9-11-8-20-14-15(18)22-17(19)23-16(14)21-11;2*1-11-9-4-2-3-8(7-9)5-6-10(12)13;10-8-3-1-2-7(6-8)4-5-9(11)12;8-5-4-6(13-7(9)12-5)11-3(2-14)1-10-4/h2-4,7-8H,5-6,9H2,1H3,(H,25,26)(H4,18,19,21,22,23);2*2-4,7,11H,5-6H2,1H3,(H,12,13);1-3,6H,4-5,10H2,(H,11,12);1,14H,2H2,(H4,8,9,11,12,13). The smallest absolute Gasteiger partial charge is 0.303 e. The van der Waals surface area contributed by atoms with E-state index in [1.54, 1.807) is 18.3 Å². The van der Waals surface area contributed by atoms with Crippen molar-refractivity contribution in [3.05, 3.63) is 143 Å². The summed E-state index contributed by atoms with van der Waals surface area (Å²) in [6.07, 6.45) is 5.88. The Morgan fingerprint density at radius 2 is 0.885 bits per heavy atom. The first kappa shape index (κ1) is 60.5. The average Bonchev–Trinajstić information content (AvgIpc) is 3.42. The van der Waals surface area contributed by atoms with Crippen molar-refractivity contribution >= 4 is 92.5 Å². The number of nitrogen functional groups attached to an aromatic ring is 5. The number of aromatic nitrogens is 8. The molecule has 0 unspecified atom stereocenters. The van der Waals surface area contributed by atoms with Crippen LogP contribution >= 0.6 is 0 Å². The summed E-state index contributed by atoms with van der Waals surface area (Å²) in [5.41, 5.74) is 38.1. The number of carboxylic acids is 4. The molecule has 25 nitrogen and oxygen atoms in total. The second-order valence-electron chi connectivity index (χ2n) is 16.9. The van der Waals surface area contributed by atoms with Gasteiger partial charge in [-0.05, 0) is 96.5 Å². The first-order valence-corrected chi connectivity index (χ1v) is 24.0. The largest absolute Gasteiger partial charge is 0.481 e. The number of hydrogen-bond donors (Lipinski definition) is 12. The van der Waals surface area contributed by atoms with E-state index in [-0.39, 0.29) is 55.8 Å². The minimum Gasteiger partial charge on any atom is -0.481 e. The van der Waals surface area contributed by atoms with E-state index in [4.69, 9.17) is 54.2 Å². The van der Waals surface area contributed by atoms with Gasteiger partial charge in [-0.1, -0.05) is 48.5 Å². The lowest BCUT2D eigenvalue weighted by atomic mass is 10.1. The van der Waals surface area contributed by atoms with Gasteiger partial charge in [0.05, 0.1) is 36.9 Å². The first-order valence-electron chi connectivity index (χ1n) is 24.0. The number of rotatable bonds is 18. The number of aliphatic hydroxyl groups excluding tert-OH is 1. The summed E-state index contributed by atoms with van der Waals surface area (Å²) in [6, 6.07) is 30.5. The Labute approximate surface area is 448 Å². The van der Waals surface area contributed by atoms with Gasteiger partial charge in [-0.3, -0.25) is 19.2 Å². The van der Waals surface area contributed by atoms with Crippen molar-refractivity contribution in [2.24, 2.45) is 0 Å². The molecular formula is C53H64N16O9. The second kappa shape index (κ2) is 31.0. The molecule has 0 saturated heterocycles. The number of nitrogens with two attached hydrogens (primary N) is 5. The van der Waals surface area contributed by atoms with Crippen molar-refractivity contribution in [3.8, 4) is 0 Å². The molecule has 0 radical (unpaired) electrons. The average molecular weight is 1070 g/mol. The molecular weight excluding hydrogens is 1000 g/mol. The van der Waals surface area contributed by atoms with Gasteiger partial charge in [0.15, 0.2) is 22.9 Å². The molecule has 0 aliphatic rings. The molecule has 0 aliphatic carbocycles. The Kier molecular flexibility index (Phi) is 24.0. The third kappa shape index (κ3) is 21.4. The molecule has 0 bridgehead atoms. The molecule has 4 aromatic carbocycles. The molecule has 8 rings (SSSR count). The molecule has 8 aromatic rings. The number of carboxylic acid groups (broad SMARTS) is 4. The van der Waals surface area contributed by atoms with Crippen LogP contribution in [-0.2, 0) is 58.0 Å². The zero-order valence-electron chi connectivity index (χ0n) is 43.2. The summed E-state index contributed by atoms with van der Waals surface area (Å²) in [6.45, 7) is 0.294. The minimum absolute atomic E-state index is 0.0411. The summed E-state index contributed by atoms with van der Waals surface area (Å²) in [5.74, 6) is -2.62. The summed E-state index contributed by atoms with van der Waals surface area (Å²) >= 11 is 0. The number of carbonyl (C=O) groups is 4. The molecule has 0 fully saturated rings. The molecule has 0 aliphatic heterocycles. The van der Waals surface area contributed by atoms with E-state index >= 15 is 0 Å². The van der Waals surface area contributed by atoms with Crippen LogP contribution in [0.2, 0.25) is 0 Å². The number of anilines is 8. The van der Waals surface area contributed by atoms with Gasteiger partial charge >= 0.3 is 23.9 Å². The highest BCUT2D eigenvalue weighted by molar-refractivity contribution is 5.82. The van der Waals surface area contributed by atoms with Gasteiger partial charge in [-0.25, -0.2) is 19.9 Å². The third-order valence-electron chi connectivity index (χ3n) is 10.8. The molecule has 0 atom stereocenters. The zero-order valence-corrected chi connectivity index (χ0v) is 43.2. The van der Waals surface area contributed by atoms with Crippen LogP contribution in [0.3, 0.4) is 0 Å². The fraction of sp³-hybridized carbons (Fsp3) is 0.245. The molecule has 25 heteroatoms. The van der Waals surface area contributed by atoms with Crippen LogP contribution in [0, 0.1) is 0 Å². The van der Waals surface area contributed by atoms with Gasteiger partial charge in [0.1, 0.15) is 11.0 Å². The Balaban J connectivity index is 0.000000219. The predicted molar refractivity (Wildman–Crippen MR) is 299 cm³/mol. The fourth-order valence-corrected chi connectivity index (χ4v) is 6.92. The molecule has 4 heterocycles. The number of fused-ring (bicyclic) bond motifs is 2. The van der Waals surface area contributed by atoms with E-state index < -0.39 is 23.9 Å². The number of aliphatic hydroxyl groups is 1. The highest BCUT2D eigenvalue weighted by atomic mass is 16.4. The van der Waals surface area contributed by atoms with Gasteiger partial charge in [0, 0.05) is 69.6 Å². The van der Waals surface area contributed by atoms with E-state index in [0.717, 1.165) is 39.3 Å². The van der Waals surface area contributed by atoms with Crippen LogP contribution in [0.1, 0.15) is 59.3 Å². The molecule has 410 valence electrons. The molecule has 0 saturated carbocycles. The Morgan fingerprint density at radius 1 is 0.500 bits per heavy atom. The highest BCUT2D eigenvalue weighted by Gasteiger charge is 2.11. The molecule has 0 spiro atoms. The summed E-state index contributed by atoms with van der Waals surface area (Å²) in [4.78, 5) is 75.8. The van der Waals surface area contributed by atoms with Gasteiger partial charge in [-0.15, -0.1) is 0 Å². The number of benzene rings is 4. The zero-order chi connectivity index (χ0) is 57.1. The van der Waals surface area contributed by atoms with Gasteiger partial charge in [0.25, 0.3) is 0 Å². The topological polar surface area (TPSA) is 430 Å². The summed E-state index contributed by atoms with van der Waals surface area (Å²) in [7, 11) is 5.61. The summed E-state index contributed by atoms with van der Waals surface area (Å²) < 4.78 is 0. The molecule has 0 amide bonds. The Bertz CT molecular complexity index is 3220. The maximum Gasteiger partial charge on any atom is 0.303 e. The summed E-state index contributed by atoms with van der Waals surface area (Å²) in [5, 5.41) is 49.0. The van der Waals surface area contributed by atoms with Crippen LogP contribution in [0.25, 0.3) is 22.3 Å². The lowest BCUT2D eigenvalue weighted by Gasteiger charge is -2.19. The van der Waals surface area contributed by atoms with E-state index in [2.05, 4.69) is 50.5 Å². The second-order valence-corrected chi connectivity index (χ2v) is 16.9. The fourth-order valence-electron chi connectivity index (χ4n) is 6.92. The van der Waals surface area contributed by atoms with Crippen LogP contribution in [0.4, 0.5) is 46.3 Å². The number of aryl methyl sites for hydroxylation is 4. The number of nitrogens with one attached hydrogen (secondary N) is 2. The predicted octanol–water partition coefficient (Wildman–Crippen LogP) is 5.09. The normalized spacial score (nSPS) is 10.2. The van der Waals surface area contributed by atoms with Crippen molar-refractivity contribution in [1.82, 2.24) is 39.9 Å². The maximum atomic E-state index is 10.7. The van der Waals surface area contributed by atoms with Crippen LogP contribution in [-0.4, -0.2) is 110 Å². The molecule has 78 heavy (non-hydrogen) atoms. The van der Waals surface area contributed by atoms with Crippen LogP contribution in [0.15, 0.2) is 109 Å². The van der Waals surface area contributed by atoms with Crippen molar-refractivity contribution in [2.45, 2.75) is 64.5 Å². The van der Waals surface area contributed by atoms with Crippen molar-refractivity contribution in [3.63, 3.8) is 0 Å². The van der Waals surface area contributed by atoms with Crippen LogP contribution < -0.4 is 44.2 Å². The first-order chi connectivity index (χ1) is 37.2. The Morgan fingerprint density at radius 3 is 1.29 bits per heavy atom. The molecule has 4 aromatic heterocycles. The lowest BCUT2D eigenvalue weighted by Crippen LogP contribution is -2.18. The van der Waals surface area contributed by atoms with Crippen LogP contribution in [0.5, 0.6) is 0 Å². The Hall–Kier alpha value is -10.0. The van der Waals surface area contributed by atoms with Crippen molar-refractivity contribution in [2.75, 3.05) is 65.3 Å². The van der Waals surface area contributed by atoms with E-state index in [0.29, 0.717) is 71.6 Å². The van der Waals surface area contributed by atoms with Gasteiger partial charge in [-0.2, -0.15) is 19.9 Å². The SMILES string of the molecule is CN(Cc1cnc2c(N)nc(N)nc2n1)c1cccc(CCC(=O)O)c1.CNc1cccc(CCC(=O)O)c1.CNc1cccc(CCC(=O)O)c1.Nc1cccc(CCC(=O)O)c1.Nc1nc(N)c2ncc(CO)nc2n1. The van der Waals surface area contributed by atoms with E-state index in [1.165, 1.54) is 6.20 Å². The lowest BCUT2D eigenvalue weighted by molar-refractivity contribution is -0.138. The van der Waals surface area contributed by atoms with Crippen molar-refractivity contribution in [1.29, 1.82) is 0 Å². The minimum atomic E-state index is -0.810. The monoisotopic (exact) mass is 1070 g/mol. The van der Waals surface area contributed by atoms with Gasteiger partial charge in [0.2, 0.25) is 11.9 Å². The third-order valence-corrected chi connectivity index (χ3v) is 10.8. The van der Waals surface area contributed by atoms with E-state index in [1.807, 2.05) is 111 Å².